The van der Waals surface area contributed by atoms with Gasteiger partial charge in [-0.15, -0.1) is 0 Å². The van der Waals surface area contributed by atoms with Crippen LogP contribution in [0.4, 0.5) is 0 Å². The Morgan fingerprint density at radius 1 is 1.42 bits per heavy atom. The molecular weight excluding hydrogens is 150 g/mol. The summed E-state index contributed by atoms with van der Waals surface area (Å²) < 4.78 is 5.71. The zero-order chi connectivity index (χ0) is 8.97. The van der Waals surface area contributed by atoms with Crippen molar-refractivity contribution >= 4 is 0 Å². The Kier molecular flexibility index (Phi) is 4.02. The SMILES string of the molecule is CCC(CC)[C@H]1C[C@@H](N)CCO1. The summed E-state index contributed by atoms with van der Waals surface area (Å²) in [4.78, 5) is 0. The molecule has 1 saturated heterocycles. The van der Waals surface area contributed by atoms with Crippen molar-refractivity contribution in [3.63, 3.8) is 0 Å². The zero-order valence-electron chi connectivity index (χ0n) is 8.25. The van der Waals surface area contributed by atoms with Gasteiger partial charge in [-0.2, -0.15) is 0 Å². The highest BCUT2D eigenvalue weighted by atomic mass is 16.5. The van der Waals surface area contributed by atoms with Crippen molar-refractivity contribution in [2.75, 3.05) is 6.61 Å². The van der Waals surface area contributed by atoms with Crippen LogP contribution in [0.25, 0.3) is 0 Å². The molecule has 2 nitrogen and oxygen atoms in total. The molecule has 2 N–H and O–H groups in total. The molecule has 1 heterocycles. The van der Waals surface area contributed by atoms with Crippen LogP contribution in [0, 0.1) is 5.92 Å². The molecule has 2 heteroatoms. The average Bonchev–Trinajstić information content (AvgIpc) is 2.07. The lowest BCUT2D eigenvalue weighted by molar-refractivity contribution is -0.0296. The molecule has 1 fully saturated rings. The first kappa shape index (κ1) is 10.0. The first-order chi connectivity index (χ1) is 5.77. The summed E-state index contributed by atoms with van der Waals surface area (Å²) >= 11 is 0. The summed E-state index contributed by atoms with van der Waals surface area (Å²) in [6.07, 6.45) is 4.97. The molecule has 0 aromatic rings. The van der Waals surface area contributed by atoms with E-state index in [4.69, 9.17) is 10.5 Å². The molecule has 2 atom stereocenters. The van der Waals surface area contributed by atoms with E-state index >= 15 is 0 Å². The first-order valence-electron chi connectivity index (χ1n) is 5.15. The maximum atomic E-state index is 5.89. The third-order valence-corrected chi connectivity index (χ3v) is 2.93. The minimum atomic E-state index is 0.379. The predicted octanol–water partition coefficient (Wildman–Crippen LogP) is 1.93. The number of ether oxygens (including phenoxy) is 1. The van der Waals surface area contributed by atoms with Crippen LogP contribution in [0.1, 0.15) is 39.5 Å². The lowest BCUT2D eigenvalue weighted by atomic mass is 9.90. The van der Waals surface area contributed by atoms with Gasteiger partial charge in [-0.1, -0.05) is 26.7 Å². The van der Waals surface area contributed by atoms with Crippen molar-refractivity contribution in [1.82, 2.24) is 0 Å². The zero-order valence-corrected chi connectivity index (χ0v) is 8.25. The Balaban J connectivity index is 2.38. The largest absolute Gasteiger partial charge is 0.378 e. The van der Waals surface area contributed by atoms with Crippen LogP contribution in [0.2, 0.25) is 0 Å². The monoisotopic (exact) mass is 171 g/mol. The quantitative estimate of drug-likeness (QED) is 0.704. The van der Waals surface area contributed by atoms with Crippen molar-refractivity contribution in [3.8, 4) is 0 Å². The molecule has 0 unspecified atom stereocenters. The van der Waals surface area contributed by atoms with E-state index in [2.05, 4.69) is 13.8 Å². The third-order valence-electron chi connectivity index (χ3n) is 2.93. The highest BCUT2D eigenvalue weighted by molar-refractivity contribution is 4.78. The van der Waals surface area contributed by atoms with Crippen LogP contribution in [0.3, 0.4) is 0 Å². The first-order valence-corrected chi connectivity index (χ1v) is 5.15. The number of rotatable bonds is 3. The van der Waals surface area contributed by atoms with Gasteiger partial charge < -0.3 is 10.5 Å². The molecule has 1 aliphatic rings. The molecule has 1 rings (SSSR count). The molecule has 0 bridgehead atoms. The van der Waals surface area contributed by atoms with Gasteiger partial charge in [-0.05, 0) is 18.8 Å². The average molecular weight is 171 g/mol. The highest BCUT2D eigenvalue weighted by Crippen LogP contribution is 2.24. The predicted molar refractivity (Wildman–Crippen MR) is 51.0 cm³/mol. The van der Waals surface area contributed by atoms with E-state index in [0.29, 0.717) is 12.1 Å². The minimum absolute atomic E-state index is 0.379. The summed E-state index contributed by atoms with van der Waals surface area (Å²) in [5, 5.41) is 0. The lowest BCUT2D eigenvalue weighted by Gasteiger charge is -2.32. The van der Waals surface area contributed by atoms with Gasteiger partial charge >= 0.3 is 0 Å². The Bertz CT molecular complexity index is 123. The van der Waals surface area contributed by atoms with E-state index in [9.17, 15) is 0 Å². The van der Waals surface area contributed by atoms with Crippen molar-refractivity contribution < 1.29 is 4.74 Å². The maximum absolute atomic E-state index is 5.89. The van der Waals surface area contributed by atoms with Crippen molar-refractivity contribution in [2.45, 2.75) is 51.7 Å². The van der Waals surface area contributed by atoms with E-state index in [0.717, 1.165) is 25.4 Å². The molecular formula is C10H21NO. The van der Waals surface area contributed by atoms with Crippen molar-refractivity contribution in [3.05, 3.63) is 0 Å². The smallest absolute Gasteiger partial charge is 0.0617 e. The standard InChI is InChI=1S/C10H21NO/c1-3-8(4-2)10-7-9(11)5-6-12-10/h8-10H,3-7,11H2,1-2H3/t9-,10+/m0/s1. The van der Waals surface area contributed by atoms with Gasteiger partial charge in [-0.25, -0.2) is 0 Å². The second kappa shape index (κ2) is 4.83. The third kappa shape index (κ3) is 2.46. The fourth-order valence-corrected chi connectivity index (χ4v) is 2.00. The molecule has 0 amide bonds. The molecule has 0 aliphatic carbocycles. The Morgan fingerprint density at radius 2 is 2.08 bits per heavy atom. The number of hydrogen-bond acceptors (Lipinski definition) is 2. The fraction of sp³-hybridized carbons (Fsp3) is 1.00. The highest BCUT2D eigenvalue weighted by Gasteiger charge is 2.25. The van der Waals surface area contributed by atoms with Gasteiger partial charge in [0, 0.05) is 12.6 Å². The van der Waals surface area contributed by atoms with Gasteiger partial charge in [0.2, 0.25) is 0 Å². The van der Waals surface area contributed by atoms with E-state index in [1.165, 1.54) is 12.8 Å². The lowest BCUT2D eigenvalue weighted by Crippen LogP contribution is -2.38. The van der Waals surface area contributed by atoms with E-state index < -0.39 is 0 Å². The molecule has 0 spiro atoms. The topological polar surface area (TPSA) is 35.2 Å². The maximum Gasteiger partial charge on any atom is 0.0617 e. The summed E-state index contributed by atoms with van der Waals surface area (Å²) in [5.41, 5.74) is 5.89. The van der Waals surface area contributed by atoms with Gasteiger partial charge in [0.1, 0.15) is 0 Å². The Labute approximate surface area is 75.5 Å². The molecule has 1 aliphatic heterocycles. The second-order valence-electron chi connectivity index (χ2n) is 3.77. The fourth-order valence-electron chi connectivity index (χ4n) is 2.00. The molecule has 0 radical (unpaired) electrons. The van der Waals surface area contributed by atoms with Gasteiger partial charge in [0.15, 0.2) is 0 Å². The Morgan fingerprint density at radius 3 is 2.58 bits per heavy atom. The molecule has 0 saturated carbocycles. The summed E-state index contributed by atoms with van der Waals surface area (Å²) in [7, 11) is 0. The summed E-state index contributed by atoms with van der Waals surface area (Å²) in [5.74, 6) is 0.719. The van der Waals surface area contributed by atoms with E-state index in [1.54, 1.807) is 0 Å². The summed E-state index contributed by atoms with van der Waals surface area (Å²) in [6, 6.07) is 0.379. The van der Waals surface area contributed by atoms with Crippen LogP contribution in [-0.2, 0) is 4.74 Å². The molecule has 0 aromatic carbocycles. The van der Waals surface area contributed by atoms with Crippen molar-refractivity contribution in [1.29, 1.82) is 0 Å². The normalized spacial score (nSPS) is 31.0. The number of nitrogens with two attached hydrogens (primary N) is 1. The van der Waals surface area contributed by atoms with Crippen LogP contribution >= 0.6 is 0 Å². The molecule has 0 aromatic heterocycles. The van der Waals surface area contributed by atoms with Gasteiger partial charge in [-0.3, -0.25) is 0 Å². The second-order valence-corrected chi connectivity index (χ2v) is 3.77. The van der Waals surface area contributed by atoms with Crippen LogP contribution in [-0.4, -0.2) is 18.8 Å². The summed E-state index contributed by atoms with van der Waals surface area (Å²) in [6.45, 7) is 5.33. The van der Waals surface area contributed by atoms with Crippen LogP contribution in [0.15, 0.2) is 0 Å². The molecule has 72 valence electrons. The van der Waals surface area contributed by atoms with Gasteiger partial charge in [0.05, 0.1) is 6.10 Å². The van der Waals surface area contributed by atoms with E-state index in [-0.39, 0.29) is 0 Å². The van der Waals surface area contributed by atoms with Crippen LogP contribution < -0.4 is 5.73 Å². The molecule has 12 heavy (non-hydrogen) atoms. The Hall–Kier alpha value is -0.0800. The van der Waals surface area contributed by atoms with Gasteiger partial charge in [0.25, 0.3) is 0 Å². The minimum Gasteiger partial charge on any atom is -0.378 e. The number of hydrogen-bond donors (Lipinski definition) is 1. The van der Waals surface area contributed by atoms with Crippen molar-refractivity contribution in [2.24, 2.45) is 11.7 Å². The van der Waals surface area contributed by atoms with E-state index in [1.807, 2.05) is 0 Å². The van der Waals surface area contributed by atoms with Crippen LogP contribution in [0.5, 0.6) is 0 Å².